The van der Waals surface area contributed by atoms with Crippen molar-refractivity contribution >= 4 is 33.2 Å². The molecule has 0 spiro atoms. The standard InChI is InChI=1S/C16H15BrN2O2/c17-12-1-4-14(5-2-12)21-8-7-19-15-6-3-13(18)9-11(15)10-16(19)20/h1-6,9H,7-8,10,18H2. The summed E-state index contributed by atoms with van der Waals surface area (Å²) in [5.74, 6) is 0.886. The molecule has 0 atom stereocenters. The molecule has 2 aromatic rings. The van der Waals surface area contributed by atoms with E-state index in [0.717, 1.165) is 21.5 Å². The number of halogens is 1. The number of amides is 1. The predicted octanol–water partition coefficient (Wildman–Crippen LogP) is 3.00. The summed E-state index contributed by atoms with van der Waals surface area (Å²) in [5.41, 5.74) is 8.37. The van der Waals surface area contributed by atoms with Crippen molar-refractivity contribution in [3.05, 3.63) is 52.5 Å². The van der Waals surface area contributed by atoms with Gasteiger partial charge in [0.05, 0.1) is 13.0 Å². The molecule has 0 bridgehead atoms. The van der Waals surface area contributed by atoms with Crippen molar-refractivity contribution in [3.8, 4) is 5.75 Å². The number of benzene rings is 2. The molecule has 0 unspecified atom stereocenters. The highest BCUT2D eigenvalue weighted by Gasteiger charge is 2.26. The van der Waals surface area contributed by atoms with Crippen molar-refractivity contribution in [1.29, 1.82) is 0 Å². The van der Waals surface area contributed by atoms with Gasteiger partial charge in [-0.2, -0.15) is 0 Å². The van der Waals surface area contributed by atoms with Crippen LogP contribution in [0.3, 0.4) is 0 Å². The minimum Gasteiger partial charge on any atom is -0.492 e. The Balaban J connectivity index is 1.63. The Labute approximate surface area is 131 Å². The van der Waals surface area contributed by atoms with Crippen LogP contribution in [0.4, 0.5) is 11.4 Å². The number of carbonyl (C=O) groups excluding carboxylic acids is 1. The highest BCUT2D eigenvalue weighted by Crippen LogP contribution is 2.30. The lowest BCUT2D eigenvalue weighted by molar-refractivity contribution is -0.117. The molecule has 1 heterocycles. The lowest BCUT2D eigenvalue weighted by Crippen LogP contribution is -2.31. The van der Waals surface area contributed by atoms with Crippen LogP contribution in [0.15, 0.2) is 46.9 Å². The first-order valence-electron chi connectivity index (χ1n) is 6.70. The topological polar surface area (TPSA) is 55.6 Å². The Morgan fingerprint density at radius 3 is 2.71 bits per heavy atom. The molecule has 1 aliphatic heterocycles. The van der Waals surface area contributed by atoms with Crippen LogP contribution in [-0.2, 0) is 11.2 Å². The minimum atomic E-state index is 0.0926. The van der Waals surface area contributed by atoms with Gasteiger partial charge in [-0.05, 0) is 48.0 Å². The highest BCUT2D eigenvalue weighted by molar-refractivity contribution is 9.10. The number of rotatable bonds is 4. The molecule has 2 aromatic carbocycles. The quantitative estimate of drug-likeness (QED) is 0.865. The third kappa shape index (κ3) is 3.03. The first-order chi connectivity index (χ1) is 10.1. The summed E-state index contributed by atoms with van der Waals surface area (Å²) >= 11 is 3.38. The summed E-state index contributed by atoms with van der Waals surface area (Å²) in [5, 5.41) is 0. The number of nitrogen functional groups attached to an aromatic ring is 1. The molecule has 5 heteroatoms. The molecular formula is C16H15BrN2O2. The second kappa shape index (κ2) is 5.77. The highest BCUT2D eigenvalue weighted by atomic mass is 79.9. The van der Waals surface area contributed by atoms with Gasteiger partial charge in [-0.1, -0.05) is 15.9 Å². The van der Waals surface area contributed by atoms with Crippen LogP contribution in [0.1, 0.15) is 5.56 Å². The second-order valence-corrected chi connectivity index (χ2v) is 5.83. The van der Waals surface area contributed by atoms with E-state index in [4.69, 9.17) is 10.5 Å². The fourth-order valence-electron chi connectivity index (χ4n) is 2.43. The lowest BCUT2D eigenvalue weighted by atomic mass is 10.1. The van der Waals surface area contributed by atoms with Gasteiger partial charge in [0.25, 0.3) is 0 Å². The molecule has 2 N–H and O–H groups in total. The largest absolute Gasteiger partial charge is 0.492 e. The van der Waals surface area contributed by atoms with Gasteiger partial charge in [0, 0.05) is 15.8 Å². The zero-order chi connectivity index (χ0) is 14.8. The van der Waals surface area contributed by atoms with Crippen LogP contribution in [0, 0.1) is 0 Å². The molecule has 0 saturated carbocycles. The van der Waals surface area contributed by atoms with Crippen LogP contribution < -0.4 is 15.4 Å². The summed E-state index contributed by atoms with van der Waals surface area (Å²) in [6.45, 7) is 0.989. The van der Waals surface area contributed by atoms with Crippen LogP contribution in [0.2, 0.25) is 0 Å². The van der Waals surface area contributed by atoms with Gasteiger partial charge in [0.15, 0.2) is 0 Å². The lowest BCUT2D eigenvalue weighted by Gasteiger charge is -2.18. The van der Waals surface area contributed by atoms with Crippen molar-refractivity contribution in [1.82, 2.24) is 0 Å². The summed E-state index contributed by atoms with van der Waals surface area (Å²) in [7, 11) is 0. The molecule has 3 rings (SSSR count). The van der Waals surface area contributed by atoms with Crippen molar-refractivity contribution in [3.63, 3.8) is 0 Å². The number of hydrogen-bond acceptors (Lipinski definition) is 3. The number of anilines is 2. The average molecular weight is 347 g/mol. The number of carbonyl (C=O) groups is 1. The third-order valence-electron chi connectivity index (χ3n) is 3.43. The van der Waals surface area contributed by atoms with Crippen molar-refractivity contribution < 1.29 is 9.53 Å². The van der Waals surface area contributed by atoms with Crippen LogP contribution >= 0.6 is 15.9 Å². The molecule has 0 saturated heterocycles. The molecule has 108 valence electrons. The average Bonchev–Trinajstić information content (AvgIpc) is 2.76. The minimum absolute atomic E-state index is 0.0926. The van der Waals surface area contributed by atoms with E-state index in [1.807, 2.05) is 42.5 Å². The molecule has 1 aliphatic rings. The van der Waals surface area contributed by atoms with E-state index < -0.39 is 0 Å². The van der Waals surface area contributed by atoms with Gasteiger partial charge in [-0.25, -0.2) is 0 Å². The van der Waals surface area contributed by atoms with E-state index in [-0.39, 0.29) is 5.91 Å². The SMILES string of the molecule is Nc1ccc2c(c1)CC(=O)N2CCOc1ccc(Br)cc1. The fourth-order valence-corrected chi connectivity index (χ4v) is 2.70. The maximum absolute atomic E-state index is 12.1. The Morgan fingerprint density at radius 1 is 1.19 bits per heavy atom. The monoisotopic (exact) mass is 346 g/mol. The maximum atomic E-state index is 12.1. The number of hydrogen-bond donors (Lipinski definition) is 1. The smallest absolute Gasteiger partial charge is 0.231 e. The van der Waals surface area contributed by atoms with E-state index in [9.17, 15) is 4.79 Å². The predicted molar refractivity (Wildman–Crippen MR) is 86.5 cm³/mol. The summed E-state index contributed by atoms with van der Waals surface area (Å²) in [6, 6.07) is 13.2. The zero-order valence-corrected chi connectivity index (χ0v) is 13.0. The zero-order valence-electron chi connectivity index (χ0n) is 11.4. The van der Waals surface area contributed by atoms with Crippen molar-refractivity contribution in [2.75, 3.05) is 23.8 Å². The molecule has 1 amide bonds. The van der Waals surface area contributed by atoms with E-state index in [0.29, 0.717) is 25.3 Å². The first-order valence-corrected chi connectivity index (χ1v) is 7.50. The van der Waals surface area contributed by atoms with Gasteiger partial charge in [0.2, 0.25) is 5.91 Å². The summed E-state index contributed by atoms with van der Waals surface area (Å²) < 4.78 is 6.68. The Morgan fingerprint density at radius 2 is 1.95 bits per heavy atom. The number of nitrogens with two attached hydrogens (primary N) is 1. The molecule has 0 fully saturated rings. The van der Waals surface area contributed by atoms with Gasteiger partial charge >= 0.3 is 0 Å². The molecule has 0 aliphatic carbocycles. The normalized spacial score (nSPS) is 13.4. The first kappa shape index (κ1) is 13.9. The fraction of sp³-hybridized carbons (Fsp3) is 0.188. The molecule has 4 nitrogen and oxygen atoms in total. The van der Waals surface area contributed by atoms with Crippen LogP contribution in [0.25, 0.3) is 0 Å². The van der Waals surface area contributed by atoms with E-state index in [2.05, 4.69) is 15.9 Å². The molecule has 0 radical (unpaired) electrons. The van der Waals surface area contributed by atoms with E-state index in [1.54, 1.807) is 4.90 Å². The third-order valence-corrected chi connectivity index (χ3v) is 3.96. The molecule has 21 heavy (non-hydrogen) atoms. The van der Waals surface area contributed by atoms with Gasteiger partial charge in [0.1, 0.15) is 12.4 Å². The molecular weight excluding hydrogens is 332 g/mol. The summed E-state index contributed by atoms with van der Waals surface area (Å²) in [4.78, 5) is 13.8. The van der Waals surface area contributed by atoms with Crippen LogP contribution in [0.5, 0.6) is 5.75 Å². The van der Waals surface area contributed by atoms with Crippen molar-refractivity contribution in [2.45, 2.75) is 6.42 Å². The number of ether oxygens (including phenoxy) is 1. The second-order valence-electron chi connectivity index (χ2n) is 4.91. The Bertz CT molecular complexity index is 670. The maximum Gasteiger partial charge on any atom is 0.231 e. The summed E-state index contributed by atoms with van der Waals surface area (Å²) in [6.07, 6.45) is 0.415. The Kier molecular flexibility index (Phi) is 3.84. The number of nitrogens with zero attached hydrogens (tertiary/aromatic N) is 1. The van der Waals surface area contributed by atoms with Crippen molar-refractivity contribution in [2.24, 2.45) is 0 Å². The number of fused-ring (bicyclic) bond motifs is 1. The van der Waals surface area contributed by atoms with E-state index >= 15 is 0 Å². The molecule has 0 aromatic heterocycles. The van der Waals surface area contributed by atoms with E-state index in [1.165, 1.54) is 0 Å². The van der Waals surface area contributed by atoms with Crippen LogP contribution in [-0.4, -0.2) is 19.1 Å². The van der Waals surface area contributed by atoms with Gasteiger partial charge < -0.3 is 15.4 Å². The Hall–Kier alpha value is -2.01. The van der Waals surface area contributed by atoms with Gasteiger partial charge in [-0.3, -0.25) is 4.79 Å². The van der Waals surface area contributed by atoms with Gasteiger partial charge in [-0.15, -0.1) is 0 Å².